The molecule has 2 aliphatic rings. The molecule has 4 atom stereocenters. The van der Waals surface area contributed by atoms with Crippen molar-refractivity contribution in [1.82, 2.24) is 10.4 Å². The Morgan fingerprint density at radius 1 is 1.44 bits per heavy atom. The Hall–Kier alpha value is -0.640. The minimum absolute atomic E-state index is 0.157. The van der Waals surface area contributed by atoms with E-state index in [0.717, 1.165) is 29.7 Å². The van der Waals surface area contributed by atoms with Crippen LogP contribution in [0.2, 0.25) is 5.02 Å². The van der Waals surface area contributed by atoms with Crippen LogP contribution < -0.4 is 11.3 Å². The molecule has 3 N–H and O–H groups in total. The molecule has 2 bridgehead atoms. The van der Waals surface area contributed by atoms with Crippen LogP contribution in [0.3, 0.4) is 0 Å². The normalized spacial score (nSPS) is 31.8. The summed E-state index contributed by atoms with van der Waals surface area (Å²) >= 11 is 6.20. The average Bonchev–Trinajstić information content (AvgIpc) is 2.99. The molecular weight excluding hydrogens is 246 g/mol. The van der Waals surface area contributed by atoms with Crippen LogP contribution in [0.1, 0.15) is 43.7 Å². The number of hydrogen-bond acceptors (Lipinski definition) is 3. The van der Waals surface area contributed by atoms with E-state index in [-0.39, 0.29) is 6.04 Å². The van der Waals surface area contributed by atoms with Gasteiger partial charge in [0.1, 0.15) is 0 Å². The summed E-state index contributed by atoms with van der Waals surface area (Å²) in [5.74, 6) is 8.44. The van der Waals surface area contributed by atoms with E-state index in [1.54, 1.807) is 12.4 Å². The summed E-state index contributed by atoms with van der Waals surface area (Å²) in [6.45, 7) is 0. The van der Waals surface area contributed by atoms with E-state index in [2.05, 4.69) is 10.4 Å². The van der Waals surface area contributed by atoms with Crippen LogP contribution in [0.5, 0.6) is 0 Å². The molecule has 4 unspecified atom stereocenters. The summed E-state index contributed by atoms with van der Waals surface area (Å²) in [7, 11) is 0. The Kier molecular flexibility index (Phi) is 3.55. The van der Waals surface area contributed by atoms with E-state index in [1.165, 1.54) is 25.7 Å². The molecule has 0 amide bonds. The molecule has 1 aromatic heterocycles. The Morgan fingerprint density at radius 3 is 2.94 bits per heavy atom. The van der Waals surface area contributed by atoms with Gasteiger partial charge in [-0.3, -0.25) is 16.3 Å². The molecule has 2 aliphatic carbocycles. The van der Waals surface area contributed by atoms with Crippen molar-refractivity contribution in [3.63, 3.8) is 0 Å². The zero-order valence-corrected chi connectivity index (χ0v) is 11.2. The molecule has 4 heteroatoms. The van der Waals surface area contributed by atoms with Crippen molar-refractivity contribution >= 4 is 11.6 Å². The van der Waals surface area contributed by atoms with E-state index in [4.69, 9.17) is 17.4 Å². The highest BCUT2D eigenvalue weighted by Crippen LogP contribution is 2.51. The van der Waals surface area contributed by atoms with Crippen LogP contribution in [-0.4, -0.2) is 4.98 Å². The maximum atomic E-state index is 6.20. The van der Waals surface area contributed by atoms with Crippen molar-refractivity contribution in [2.75, 3.05) is 0 Å². The van der Waals surface area contributed by atoms with Crippen LogP contribution >= 0.6 is 11.6 Å². The van der Waals surface area contributed by atoms with Crippen molar-refractivity contribution in [2.24, 2.45) is 23.6 Å². The SMILES string of the molecule is NNC(CC1CC2CCC1C2)c1ccncc1Cl. The van der Waals surface area contributed by atoms with Crippen LogP contribution in [0.4, 0.5) is 0 Å². The van der Waals surface area contributed by atoms with Crippen LogP contribution in [0.25, 0.3) is 0 Å². The van der Waals surface area contributed by atoms with Crippen LogP contribution in [0.15, 0.2) is 18.5 Å². The summed E-state index contributed by atoms with van der Waals surface area (Å²) in [6, 6.07) is 2.13. The van der Waals surface area contributed by atoms with Gasteiger partial charge in [-0.1, -0.05) is 18.0 Å². The molecule has 0 aromatic carbocycles. The van der Waals surface area contributed by atoms with Crippen molar-refractivity contribution in [2.45, 2.75) is 38.1 Å². The molecule has 3 rings (SSSR count). The van der Waals surface area contributed by atoms with Crippen LogP contribution in [0, 0.1) is 17.8 Å². The van der Waals surface area contributed by atoms with Gasteiger partial charge in [-0.25, -0.2) is 0 Å². The molecule has 1 heterocycles. The number of fused-ring (bicyclic) bond motifs is 2. The maximum Gasteiger partial charge on any atom is 0.0637 e. The topological polar surface area (TPSA) is 50.9 Å². The first-order valence-corrected chi connectivity index (χ1v) is 7.21. The molecule has 3 nitrogen and oxygen atoms in total. The zero-order chi connectivity index (χ0) is 12.5. The molecule has 0 radical (unpaired) electrons. The van der Waals surface area contributed by atoms with E-state index in [9.17, 15) is 0 Å². The van der Waals surface area contributed by atoms with Gasteiger partial charge in [0, 0.05) is 18.4 Å². The maximum absolute atomic E-state index is 6.20. The second-order valence-corrected chi connectivity index (χ2v) is 6.19. The molecule has 98 valence electrons. The fourth-order valence-corrected chi connectivity index (χ4v) is 4.17. The highest BCUT2D eigenvalue weighted by molar-refractivity contribution is 6.31. The standard InChI is InChI=1S/C14H20ClN3/c15-13-8-17-4-3-12(13)14(18-16)7-11-6-9-1-2-10(11)5-9/h3-4,8-11,14,18H,1-2,5-7,16H2. The average molecular weight is 266 g/mol. The van der Waals surface area contributed by atoms with Crippen molar-refractivity contribution < 1.29 is 0 Å². The predicted octanol–water partition coefficient (Wildman–Crippen LogP) is 3.07. The minimum atomic E-state index is 0.157. The number of nitrogens with two attached hydrogens (primary N) is 1. The van der Waals surface area contributed by atoms with Gasteiger partial charge in [0.15, 0.2) is 0 Å². The smallest absolute Gasteiger partial charge is 0.0637 e. The Labute approximate surface area is 113 Å². The molecule has 2 fully saturated rings. The first-order chi connectivity index (χ1) is 8.78. The number of halogens is 1. The number of hydrazine groups is 1. The molecule has 0 saturated heterocycles. The molecule has 18 heavy (non-hydrogen) atoms. The van der Waals surface area contributed by atoms with Gasteiger partial charge in [0.2, 0.25) is 0 Å². The van der Waals surface area contributed by atoms with Gasteiger partial charge in [-0.05, 0) is 55.1 Å². The van der Waals surface area contributed by atoms with Gasteiger partial charge >= 0.3 is 0 Å². The fourth-order valence-electron chi connectivity index (χ4n) is 3.92. The summed E-state index contributed by atoms with van der Waals surface area (Å²) < 4.78 is 0. The number of hydrogen-bond donors (Lipinski definition) is 2. The van der Waals surface area contributed by atoms with Crippen molar-refractivity contribution in [3.8, 4) is 0 Å². The van der Waals surface area contributed by atoms with Gasteiger partial charge in [0.05, 0.1) is 5.02 Å². The minimum Gasteiger partial charge on any atom is -0.271 e. The van der Waals surface area contributed by atoms with Gasteiger partial charge < -0.3 is 0 Å². The summed E-state index contributed by atoms with van der Waals surface area (Å²) in [5.41, 5.74) is 4.01. The lowest BCUT2D eigenvalue weighted by atomic mass is 9.83. The lowest BCUT2D eigenvalue weighted by Crippen LogP contribution is -2.31. The van der Waals surface area contributed by atoms with E-state index >= 15 is 0 Å². The number of nitrogens with one attached hydrogen (secondary N) is 1. The number of aromatic nitrogens is 1. The largest absolute Gasteiger partial charge is 0.271 e. The molecule has 0 spiro atoms. The molecule has 2 saturated carbocycles. The summed E-state index contributed by atoms with van der Waals surface area (Å²) in [5, 5.41) is 0.712. The van der Waals surface area contributed by atoms with Crippen molar-refractivity contribution in [3.05, 3.63) is 29.0 Å². The lowest BCUT2D eigenvalue weighted by Gasteiger charge is -2.27. The summed E-state index contributed by atoms with van der Waals surface area (Å²) in [4.78, 5) is 4.03. The predicted molar refractivity (Wildman–Crippen MR) is 72.9 cm³/mol. The van der Waals surface area contributed by atoms with E-state index in [0.29, 0.717) is 5.02 Å². The molecular formula is C14H20ClN3. The van der Waals surface area contributed by atoms with E-state index < -0.39 is 0 Å². The Bertz CT molecular complexity index is 423. The number of nitrogens with zero attached hydrogens (tertiary/aromatic N) is 1. The number of pyridine rings is 1. The van der Waals surface area contributed by atoms with E-state index in [1.807, 2.05) is 6.07 Å². The Morgan fingerprint density at radius 2 is 2.33 bits per heavy atom. The third-order valence-electron chi connectivity index (χ3n) is 4.80. The second-order valence-electron chi connectivity index (χ2n) is 5.79. The Balaban J connectivity index is 1.72. The van der Waals surface area contributed by atoms with Gasteiger partial charge in [-0.15, -0.1) is 0 Å². The lowest BCUT2D eigenvalue weighted by molar-refractivity contribution is 0.280. The first kappa shape index (κ1) is 12.4. The number of rotatable bonds is 4. The molecule has 1 aromatic rings. The zero-order valence-electron chi connectivity index (χ0n) is 10.5. The molecule has 0 aliphatic heterocycles. The van der Waals surface area contributed by atoms with Crippen LogP contribution in [-0.2, 0) is 0 Å². The highest BCUT2D eigenvalue weighted by atomic mass is 35.5. The van der Waals surface area contributed by atoms with Gasteiger partial charge in [0.25, 0.3) is 0 Å². The third kappa shape index (κ3) is 2.27. The quantitative estimate of drug-likeness (QED) is 0.650. The monoisotopic (exact) mass is 265 g/mol. The third-order valence-corrected chi connectivity index (χ3v) is 5.12. The van der Waals surface area contributed by atoms with Gasteiger partial charge in [-0.2, -0.15) is 0 Å². The first-order valence-electron chi connectivity index (χ1n) is 6.83. The highest BCUT2D eigenvalue weighted by Gasteiger charge is 2.40. The van der Waals surface area contributed by atoms with Crippen molar-refractivity contribution in [1.29, 1.82) is 0 Å². The second kappa shape index (κ2) is 5.16. The summed E-state index contributed by atoms with van der Waals surface area (Å²) in [6.07, 6.45) is 10.3. The fraction of sp³-hybridized carbons (Fsp3) is 0.643.